The number of nitrogens with zero attached hydrogens (tertiary/aromatic N) is 1. The average molecular weight is 203 g/mol. The van der Waals surface area contributed by atoms with Crippen molar-refractivity contribution in [2.45, 2.75) is 19.4 Å². The summed E-state index contributed by atoms with van der Waals surface area (Å²) in [4.78, 5) is 13.3. The van der Waals surface area contributed by atoms with Gasteiger partial charge < -0.3 is 11.1 Å². The number of nitrogens with one attached hydrogen (secondary N) is 1. The second-order valence-electron chi connectivity index (χ2n) is 2.91. The molecule has 0 aromatic carbocycles. The summed E-state index contributed by atoms with van der Waals surface area (Å²) in [5.41, 5.74) is 5.52. The van der Waals surface area contributed by atoms with Crippen molar-refractivity contribution in [3.8, 4) is 0 Å². The molecule has 5 heteroatoms. The molecule has 1 unspecified atom stereocenters. The Morgan fingerprint density at radius 3 is 2.54 bits per heavy atom. The molecule has 0 saturated carbocycles. The van der Waals surface area contributed by atoms with Crippen LogP contribution in [0.1, 0.15) is 13.3 Å². The number of hydrogen-bond acceptors (Lipinski definition) is 3. The number of nitrogens with two attached hydrogens (primary N) is 1. The molecule has 76 valence electrons. The Bertz CT molecular complexity index is 196. The largest absolute Gasteiger partial charge is 0.392 e. The fourth-order valence-corrected chi connectivity index (χ4v) is 1.49. The zero-order valence-corrected chi connectivity index (χ0v) is 9.15. The average Bonchev–Trinajstić information content (AvgIpc) is 2.04. The first-order valence-corrected chi connectivity index (χ1v) is 4.63. The molecule has 0 aliphatic carbocycles. The summed E-state index contributed by atoms with van der Waals surface area (Å²) < 4.78 is 0. The Morgan fingerprint density at radius 2 is 2.23 bits per heavy atom. The van der Waals surface area contributed by atoms with E-state index in [0.717, 1.165) is 6.42 Å². The molecule has 3 N–H and O–H groups in total. The second-order valence-corrected chi connectivity index (χ2v) is 3.39. The van der Waals surface area contributed by atoms with E-state index in [-0.39, 0.29) is 11.9 Å². The molecule has 0 aromatic heterocycles. The summed E-state index contributed by atoms with van der Waals surface area (Å²) in [6, 6.07) is 0.00676. The molecule has 13 heavy (non-hydrogen) atoms. The third kappa shape index (κ3) is 4.19. The molecule has 0 aliphatic heterocycles. The fraction of sp³-hybridized carbons (Fsp3) is 0.750. The normalized spacial score (nSPS) is 12.6. The van der Waals surface area contributed by atoms with E-state index in [1.165, 1.54) is 0 Å². The van der Waals surface area contributed by atoms with E-state index in [9.17, 15) is 4.79 Å². The molecule has 1 amide bonds. The minimum atomic E-state index is -0.0304. The Kier molecular flexibility index (Phi) is 5.57. The zero-order valence-electron chi connectivity index (χ0n) is 8.33. The number of amides is 1. The quantitative estimate of drug-likeness (QED) is 0.604. The van der Waals surface area contributed by atoms with Crippen molar-refractivity contribution in [3.63, 3.8) is 0 Å². The van der Waals surface area contributed by atoms with E-state index >= 15 is 0 Å². The van der Waals surface area contributed by atoms with Crippen LogP contribution in [-0.4, -0.2) is 42.5 Å². The molecular weight excluding hydrogens is 186 g/mol. The molecule has 0 fully saturated rings. The Balaban J connectivity index is 4.13. The van der Waals surface area contributed by atoms with Crippen LogP contribution < -0.4 is 11.1 Å². The van der Waals surface area contributed by atoms with Crippen LogP contribution in [-0.2, 0) is 4.79 Å². The standard InChI is InChI=1S/C8H17N3OS/c1-4-6(8(9)13)11(3)5-7(12)10-2/h6H,4-5H2,1-3H3,(H2,9,13)(H,10,12). The monoisotopic (exact) mass is 203 g/mol. The van der Waals surface area contributed by atoms with Gasteiger partial charge >= 0.3 is 0 Å². The van der Waals surface area contributed by atoms with Gasteiger partial charge in [0.15, 0.2) is 0 Å². The number of carbonyl (C=O) groups is 1. The van der Waals surface area contributed by atoms with Gasteiger partial charge in [0.2, 0.25) is 5.91 Å². The van der Waals surface area contributed by atoms with Crippen molar-refractivity contribution in [2.75, 3.05) is 20.6 Å². The molecule has 4 nitrogen and oxygen atoms in total. The van der Waals surface area contributed by atoms with Gasteiger partial charge in [0, 0.05) is 7.05 Å². The summed E-state index contributed by atoms with van der Waals surface area (Å²) in [6.07, 6.45) is 0.822. The van der Waals surface area contributed by atoms with Crippen LogP contribution >= 0.6 is 12.2 Å². The van der Waals surface area contributed by atoms with Gasteiger partial charge in [0.05, 0.1) is 17.6 Å². The van der Waals surface area contributed by atoms with Crippen LogP contribution in [0.5, 0.6) is 0 Å². The molecule has 1 atom stereocenters. The fourth-order valence-electron chi connectivity index (χ4n) is 1.15. The number of hydrogen-bond donors (Lipinski definition) is 2. The minimum Gasteiger partial charge on any atom is -0.392 e. The molecule has 0 aromatic rings. The van der Waals surface area contributed by atoms with Crippen LogP contribution in [0.25, 0.3) is 0 Å². The van der Waals surface area contributed by atoms with E-state index in [1.807, 2.05) is 18.9 Å². The van der Waals surface area contributed by atoms with Crippen LogP contribution in [0.2, 0.25) is 0 Å². The number of likely N-dealkylation sites (N-methyl/N-ethyl adjacent to an activating group) is 2. The Labute approximate surface area is 84.5 Å². The summed E-state index contributed by atoms with van der Waals surface area (Å²) in [5, 5.41) is 2.55. The molecule has 0 spiro atoms. The molecule has 0 rings (SSSR count). The SMILES string of the molecule is CCC(C(N)=S)N(C)CC(=O)NC. The van der Waals surface area contributed by atoms with Crippen LogP contribution in [0, 0.1) is 0 Å². The smallest absolute Gasteiger partial charge is 0.233 e. The molecule has 0 saturated heterocycles. The van der Waals surface area contributed by atoms with Crippen molar-refractivity contribution in [2.24, 2.45) is 5.73 Å². The maximum absolute atomic E-state index is 11.0. The Hall–Kier alpha value is -0.680. The lowest BCUT2D eigenvalue weighted by molar-refractivity contribution is -0.121. The number of rotatable bonds is 5. The molecule has 0 aliphatic rings. The highest BCUT2D eigenvalue weighted by atomic mass is 32.1. The van der Waals surface area contributed by atoms with Gasteiger partial charge in [-0.1, -0.05) is 19.1 Å². The second kappa shape index (κ2) is 5.88. The molecule has 0 bridgehead atoms. The summed E-state index contributed by atoms with van der Waals surface area (Å²) in [5.74, 6) is -0.0304. The van der Waals surface area contributed by atoms with Gasteiger partial charge in [0.1, 0.15) is 0 Å². The summed E-state index contributed by atoms with van der Waals surface area (Å²) in [7, 11) is 3.44. The van der Waals surface area contributed by atoms with Crippen molar-refractivity contribution >= 4 is 23.1 Å². The van der Waals surface area contributed by atoms with Gasteiger partial charge in [-0.05, 0) is 13.5 Å². The first-order chi connectivity index (χ1) is 6.02. The van der Waals surface area contributed by atoms with Crippen molar-refractivity contribution in [1.29, 1.82) is 0 Å². The third-order valence-electron chi connectivity index (χ3n) is 1.92. The van der Waals surface area contributed by atoms with Crippen LogP contribution in [0.4, 0.5) is 0 Å². The van der Waals surface area contributed by atoms with E-state index in [4.69, 9.17) is 18.0 Å². The van der Waals surface area contributed by atoms with Gasteiger partial charge in [-0.3, -0.25) is 9.69 Å². The summed E-state index contributed by atoms with van der Waals surface area (Å²) in [6.45, 7) is 2.32. The topological polar surface area (TPSA) is 58.4 Å². The van der Waals surface area contributed by atoms with Gasteiger partial charge in [0.25, 0.3) is 0 Å². The molecular formula is C8H17N3OS. The van der Waals surface area contributed by atoms with Gasteiger partial charge in [-0.25, -0.2) is 0 Å². The van der Waals surface area contributed by atoms with E-state index < -0.39 is 0 Å². The highest BCUT2D eigenvalue weighted by Gasteiger charge is 2.16. The maximum Gasteiger partial charge on any atom is 0.233 e. The lowest BCUT2D eigenvalue weighted by Crippen LogP contribution is -2.45. The van der Waals surface area contributed by atoms with Crippen molar-refractivity contribution in [1.82, 2.24) is 10.2 Å². The third-order valence-corrected chi connectivity index (χ3v) is 2.19. The van der Waals surface area contributed by atoms with E-state index in [0.29, 0.717) is 11.5 Å². The highest BCUT2D eigenvalue weighted by molar-refractivity contribution is 7.80. The Morgan fingerprint density at radius 1 is 1.69 bits per heavy atom. The lowest BCUT2D eigenvalue weighted by Gasteiger charge is -2.24. The minimum absolute atomic E-state index is 0.00676. The van der Waals surface area contributed by atoms with Crippen LogP contribution in [0.15, 0.2) is 0 Å². The van der Waals surface area contributed by atoms with Crippen molar-refractivity contribution < 1.29 is 4.79 Å². The first kappa shape index (κ1) is 12.3. The number of thiocarbonyl (C=S) groups is 1. The number of carbonyl (C=O) groups excluding carboxylic acids is 1. The molecule has 0 heterocycles. The van der Waals surface area contributed by atoms with Gasteiger partial charge in [-0.2, -0.15) is 0 Å². The highest BCUT2D eigenvalue weighted by Crippen LogP contribution is 2.01. The lowest BCUT2D eigenvalue weighted by atomic mass is 10.2. The van der Waals surface area contributed by atoms with E-state index in [1.54, 1.807) is 7.05 Å². The maximum atomic E-state index is 11.0. The van der Waals surface area contributed by atoms with Crippen LogP contribution in [0.3, 0.4) is 0 Å². The van der Waals surface area contributed by atoms with E-state index in [2.05, 4.69) is 5.32 Å². The zero-order chi connectivity index (χ0) is 10.4. The first-order valence-electron chi connectivity index (χ1n) is 4.23. The summed E-state index contributed by atoms with van der Waals surface area (Å²) >= 11 is 4.89. The predicted molar refractivity (Wildman–Crippen MR) is 57.6 cm³/mol. The predicted octanol–water partition coefficient (Wildman–Crippen LogP) is -0.271. The van der Waals surface area contributed by atoms with Gasteiger partial charge in [-0.15, -0.1) is 0 Å². The van der Waals surface area contributed by atoms with Crippen molar-refractivity contribution in [3.05, 3.63) is 0 Å². The molecule has 0 radical (unpaired) electrons.